The van der Waals surface area contributed by atoms with Gasteiger partial charge in [0.1, 0.15) is 5.82 Å². The lowest BCUT2D eigenvalue weighted by atomic mass is 9.95. The third kappa shape index (κ3) is 2.67. The van der Waals surface area contributed by atoms with Crippen LogP contribution >= 0.6 is 0 Å². The maximum absolute atomic E-state index is 12.9. The van der Waals surface area contributed by atoms with Crippen LogP contribution in [0.4, 0.5) is 10.1 Å². The number of carbonyl (C=O) groups is 1. The fourth-order valence-electron chi connectivity index (χ4n) is 2.05. The molecule has 0 bridgehead atoms. The van der Waals surface area contributed by atoms with Crippen molar-refractivity contribution < 1.29 is 9.18 Å². The van der Waals surface area contributed by atoms with Gasteiger partial charge in [0.25, 0.3) is 0 Å². The number of nitrogen functional groups attached to an aromatic ring is 1. The number of nitriles is 1. The molecule has 0 aliphatic heterocycles. The number of ketones is 1. The Morgan fingerprint density at radius 2 is 1.95 bits per heavy atom. The predicted molar refractivity (Wildman–Crippen MR) is 74.7 cm³/mol. The van der Waals surface area contributed by atoms with Crippen LogP contribution in [-0.2, 0) is 6.42 Å². The minimum absolute atomic E-state index is 0.150. The third-order valence-electron chi connectivity index (χ3n) is 3.03. The second-order valence-corrected chi connectivity index (χ2v) is 4.56. The van der Waals surface area contributed by atoms with Crippen LogP contribution in [0.3, 0.4) is 0 Å². The number of aryl methyl sites for hydroxylation is 1. The molecule has 4 heteroatoms. The smallest absolute Gasteiger partial charge is 0.195 e. The molecular weight excluding hydrogens is 255 g/mol. The number of nitrogens with zero attached hydrogens (tertiary/aromatic N) is 1. The number of carbonyl (C=O) groups excluding carboxylic acids is 1. The van der Waals surface area contributed by atoms with Crippen molar-refractivity contribution in [3.05, 3.63) is 64.5 Å². The first kappa shape index (κ1) is 13.8. The molecule has 2 rings (SSSR count). The summed E-state index contributed by atoms with van der Waals surface area (Å²) in [7, 11) is 0. The second kappa shape index (κ2) is 5.54. The van der Waals surface area contributed by atoms with Gasteiger partial charge in [-0.15, -0.1) is 0 Å². The van der Waals surface area contributed by atoms with Crippen molar-refractivity contribution in [3.8, 4) is 6.07 Å². The van der Waals surface area contributed by atoms with E-state index in [1.54, 1.807) is 12.1 Å². The molecule has 0 spiro atoms. The summed E-state index contributed by atoms with van der Waals surface area (Å²) in [5.41, 5.74) is 8.48. The van der Waals surface area contributed by atoms with Gasteiger partial charge >= 0.3 is 0 Å². The lowest BCUT2D eigenvalue weighted by molar-refractivity contribution is 0.103. The first-order chi connectivity index (χ1) is 9.52. The minimum Gasteiger partial charge on any atom is -0.398 e. The van der Waals surface area contributed by atoms with Crippen molar-refractivity contribution >= 4 is 11.5 Å². The molecule has 0 radical (unpaired) electrons. The zero-order valence-electron chi connectivity index (χ0n) is 11.0. The Hall–Kier alpha value is -2.67. The largest absolute Gasteiger partial charge is 0.398 e. The summed E-state index contributed by atoms with van der Waals surface area (Å²) >= 11 is 0. The number of anilines is 1. The first-order valence-corrected chi connectivity index (χ1v) is 6.09. The topological polar surface area (TPSA) is 66.9 Å². The van der Waals surface area contributed by atoms with E-state index < -0.39 is 5.82 Å². The van der Waals surface area contributed by atoms with Crippen molar-refractivity contribution in [2.45, 2.75) is 13.3 Å². The molecule has 0 atom stereocenters. The van der Waals surface area contributed by atoms with Gasteiger partial charge in [-0.05, 0) is 48.4 Å². The molecule has 0 aliphatic rings. The number of nitrogens with two attached hydrogens (primary N) is 1. The van der Waals surface area contributed by atoms with Gasteiger partial charge in [-0.25, -0.2) is 4.39 Å². The van der Waals surface area contributed by atoms with Crippen LogP contribution in [0.15, 0.2) is 36.4 Å². The molecule has 2 aromatic carbocycles. The number of rotatable bonds is 3. The molecule has 0 saturated heterocycles. The Morgan fingerprint density at radius 1 is 1.30 bits per heavy atom. The second-order valence-electron chi connectivity index (χ2n) is 4.56. The number of halogens is 1. The van der Waals surface area contributed by atoms with E-state index in [2.05, 4.69) is 0 Å². The number of benzene rings is 2. The quantitative estimate of drug-likeness (QED) is 0.687. The monoisotopic (exact) mass is 268 g/mol. The summed E-state index contributed by atoms with van der Waals surface area (Å²) < 4.78 is 12.9. The molecule has 100 valence electrons. The zero-order chi connectivity index (χ0) is 14.7. The van der Waals surface area contributed by atoms with Gasteiger partial charge in [-0.3, -0.25) is 4.79 Å². The Labute approximate surface area is 116 Å². The van der Waals surface area contributed by atoms with E-state index in [1.807, 2.05) is 13.0 Å². The predicted octanol–water partition coefficient (Wildman–Crippen LogP) is 3.01. The van der Waals surface area contributed by atoms with E-state index in [4.69, 9.17) is 11.0 Å². The molecule has 0 heterocycles. The highest BCUT2D eigenvalue weighted by Gasteiger charge is 2.15. The van der Waals surface area contributed by atoms with E-state index in [9.17, 15) is 9.18 Å². The van der Waals surface area contributed by atoms with Gasteiger partial charge in [0, 0.05) is 16.8 Å². The van der Waals surface area contributed by atoms with Crippen LogP contribution in [-0.4, -0.2) is 5.78 Å². The van der Waals surface area contributed by atoms with Gasteiger partial charge < -0.3 is 5.73 Å². The lowest BCUT2D eigenvalue weighted by Crippen LogP contribution is -2.08. The average Bonchev–Trinajstić information content (AvgIpc) is 2.43. The normalized spacial score (nSPS) is 10.1. The molecule has 2 aromatic rings. The minimum atomic E-state index is -0.399. The molecule has 20 heavy (non-hydrogen) atoms. The van der Waals surface area contributed by atoms with Crippen molar-refractivity contribution in [3.63, 3.8) is 0 Å². The van der Waals surface area contributed by atoms with E-state index in [0.717, 1.165) is 5.56 Å². The van der Waals surface area contributed by atoms with Gasteiger partial charge in [-0.1, -0.05) is 6.07 Å². The summed E-state index contributed by atoms with van der Waals surface area (Å²) in [5, 5.41) is 8.78. The standard InChI is InChI=1S/C16H13FN2O/c1-10-8-12(6-7-18)15(19)14(9-10)16(20)11-2-4-13(17)5-3-11/h2-5,8-9H,6,19H2,1H3. The Kier molecular flexibility index (Phi) is 3.81. The van der Waals surface area contributed by atoms with Crippen LogP contribution in [0.2, 0.25) is 0 Å². The van der Waals surface area contributed by atoms with Crippen LogP contribution < -0.4 is 5.73 Å². The fourth-order valence-corrected chi connectivity index (χ4v) is 2.05. The van der Waals surface area contributed by atoms with Crippen molar-refractivity contribution in [1.82, 2.24) is 0 Å². The highest BCUT2D eigenvalue weighted by atomic mass is 19.1. The zero-order valence-corrected chi connectivity index (χ0v) is 11.0. The third-order valence-corrected chi connectivity index (χ3v) is 3.03. The summed E-state index contributed by atoms with van der Waals surface area (Å²) in [6, 6.07) is 10.8. The van der Waals surface area contributed by atoms with Crippen molar-refractivity contribution in [2.24, 2.45) is 0 Å². The van der Waals surface area contributed by atoms with Crippen LogP contribution in [0.1, 0.15) is 27.0 Å². The summed E-state index contributed by atoms with van der Waals surface area (Å²) in [5.74, 6) is -0.672. The number of hydrogen-bond donors (Lipinski definition) is 1. The average molecular weight is 268 g/mol. The lowest BCUT2D eigenvalue weighted by Gasteiger charge is -2.10. The van der Waals surface area contributed by atoms with Gasteiger partial charge in [0.05, 0.1) is 12.5 Å². The van der Waals surface area contributed by atoms with E-state index >= 15 is 0 Å². The Bertz CT molecular complexity index is 700. The molecule has 0 unspecified atom stereocenters. The molecule has 0 aliphatic carbocycles. The molecule has 3 nitrogen and oxygen atoms in total. The SMILES string of the molecule is Cc1cc(CC#N)c(N)c(C(=O)c2ccc(F)cc2)c1. The maximum Gasteiger partial charge on any atom is 0.195 e. The molecule has 0 aromatic heterocycles. The Balaban J connectivity index is 2.49. The molecule has 0 saturated carbocycles. The number of hydrogen-bond acceptors (Lipinski definition) is 3. The first-order valence-electron chi connectivity index (χ1n) is 6.09. The molecule has 0 fully saturated rings. The van der Waals surface area contributed by atoms with Gasteiger partial charge in [0.2, 0.25) is 0 Å². The maximum atomic E-state index is 12.9. The van der Waals surface area contributed by atoms with Crippen molar-refractivity contribution in [1.29, 1.82) is 5.26 Å². The van der Waals surface area contributed by atoms with Gasteiger partial charge in [-0.2, -0.15) is 5.26 Å². The van der Waals surface area contributed by atoms with Crippen LogP contribution in [0, 0.1) is 24.1 Å². The summed E-state index contributed by atoms with van der Waals surface area (Å²) in [4.78, 5) is 12.4. The summed E-state index contributed by atoms with van der Waals surface area (Å²) in [6.07, 6.45) is 0.150. The highest BCUT2D eigenvalue weighted by molar-refractivity contribution is 6.12. The van der Waals surface area contributed by atoms with Crippen LogP contribution in [0.25, 0.3) is 0 Å². The summed E-state index contributed by atoms with van der Waals surface area (Å²) in [6.45, 7) is 1.84. The van der Waals surface area contributed by atoms with Crippen molar-refractivity contribution in [2.75, 3.05) is 5.73 Å². The Morgan fingerprint density at radius 3 is 2.55 bits per heavy atom. The highest BCUT2D eigenvalue weighted by Crippen LogP contribution is 2.23. The van der Waals surface area contributed by atoms with E-state index in [0.29, 0.717) is 22.4 Å². The molecule has 0 amide bonds. The van der Waals surface area contributed by atoms with E-state index in [1.165, 1.54) is 24.3 Å². The van der Waals surface area contributed by atoms with E-state index in [-0.39, 0.29) is 12.2 Å². The molecule has 2 N–H and O–H groups in total. The van der Waals surface area contributed by atoms with Crippen LogP contribution in [0.5, 0.6) is 0 Å². The fraction of sp³-hybridized carbons (Fsp3) is 0.125. The molecular formula is C16H13FN2O. The van der Waals surface area contributed by atoms with Gasteiger partial charge in [0.15, 0.2) is 5.78 Å².